The van der Waals surface area contributed by atoms with Crippen molar-refractivity contribution in [3.63, 3.8) is 0 Å². The Morgan fingerprint density at radius 3 is 2.67 bits per heavy atom. The van der Waals surface area contributed by atoms with Crippen molar-refractivity contribution in [2.45, 2.75) is 31.6 Å². The average molecular weight is 317 g/mol. The summed E-state index contributed by atoms with van der Waals surface area (Å²) in [6, 6.07) is 0. The lowest BCUT2D eigenvalue weighted by Crippen LogP contribution is -2.34. The van der Waals surface area contributed by atoms with Crippen LogP contribution in [0.3, 0.4) is 0 Å². The summed E-state index contributed by atoms with van der Waals surface area (Å²) in [5.41, 5.74) is -0.306. The maximum atomic E-state index is 12.4. The molecule has 0 radical (unpaired) electrons. The summed E-state index contributed by atoms with van der Waals surface area (Å²) in [5, 5.41) is 9.17. The van der Waals surface area contributed by atoms with Crippen molar-refractivity contribution in [3.05, 3.63) is 17.1 Å². The summed E-state index contributed by atoms with van der Waals surface area (Å²) in [6.45, 7) is 4.32. The van der Waals surface area contributed by atoms with Gasteiger partial charge in [-0.3, -0.25) is 0 Å². The van der Waals surface area contributed by atoms with E-state index in [2.05, 4.69) is 4.72 Å². The van der Waals surface area contributed by atoms with Gasteiger partial charge in [0.2, 0.25) is 10.0 Å². The molecule has 1 fully saturated rings. The number of furan rings is 1. The third-order valence-electron chi connectivity index (χ3n) is 3.50. The maximum absolute atomic E-state index is 12.4. The third-order valence-corrected chi connectivity index (χ3v) is 5.08. The van der Waals surface area contributed by atoms with Gasteiger partial charge in [-0.1, -0.05) is 0 Å². The van der Waals surface area contributed by atoms with Crippen molar-refractivity contribution in [2.24, 2.45) is 5.92 Å². The fraction of sp³-hybridized carbons (Fsp3) is 0.615. The first kappa shape index (κ1) is 16.0. The molecule has 1 aromatic heterocycles. The van der Waals surface area contributed by atoms with E-state index in [4.69, 9.17) is 14.3 Å². The second-order valence-electron chi connectivity index (χ2n) is 5.16. The number of rotatable bonds is 5. The molecule has 1 aromatic rings. The van der Waals surface area contributed by atoms with Gasteiger partial charge in [-0.05, 0) is 32.6 Å². The highest BCUT2D eigenvalue weighted by Gasteiger charge is 2.31. The van der Waals surface area contributed by atoms with E-state index in [1.807, 2.05) is 0 Å². The molecule has 1 aliphatic rings. The summed E-state index contributed by atoms with van der Waals surface area (Å²) < 4.78 is 37.6. The second kappa shape index (κ2) is 6.17. The largest absolute Gasteiger partial charge is 0.478 e. The number of carboxylic acid groups (broad SMARTS) is 1. The molecule has 1 atom stereocenters. The molecule has 8 heteroatoms. The highest BCUT2D eigenvalue weighted by molar-refractivity contribution is 7.89. The van der Waals surface area contributed by atoms with Crippen molar-refractivity contribution < 1.29 is 27.5 Å². The van der Waals surface area contributed by atoms with Gasteiger partial charge in [0, 0.05) is 13.2 Å². The normalized spacial score (nSPS) is 19.6. The van der Waals surface area contributed by atoms with Crippen LogP contribution in [0, 0.1) is 19.8 Å². The molecule has 118 valence electrons. The van der Waals surface area contributed by atoms with Crippen LogP contribution in [0.15, 0.2) is 9.31 Å². The molecule has 0 aromatic carbocycles. The Kier molecular flexibility index (Phi) is 4.70. The topological polar surface area (TPSA) is 106 Å². The maximum Gasteiger partial charge on any atom is 0.340 e. The summed E-state index contributed by atoms with van der Waals surface area (Å²) in [6.07, 6.45) is 1.79. The molecule has 0 amide bonds. The molecule has 0 aliphatic carbocycles. The van der Waals surface area contributed by atoms with Crippen LogP contribution in [0.4, 0.5) is 0 Å². The Bertz CT molecular complexity index is 627. The lowest BCUT2D eigenvalue weighted by atomic mass is 10.0. The lowest BCUT2D eigenvalue weighted by Gasteiger charge is -2.22. The standard InChI is InChI=1S/C13H19NO6S/c1-8-11(13(15)16)12(9(2)20-8)21(17,18)14-6-10-4-3-5-19-7-10/h10,14H,3-7H2,1-2H3,(H,15,16). The van der Waals surface area contributed by atoms with Crippen LogP contribution in [0.2, 0.25) is 0 Å². The Morgan fingerprint density at radius 2 is 2.10 bits per heavy atom. The van der Waals surface area contributed by atoms with E-state index in [1.54, 1.807) is 0 Å². The highest BCUT2D eigenvalue weighted by Crippen LogP contribution is 2.26. The van der Waals surface area contributed by atoms with Crippen LogP contribution < -0.4 is 4.72 Å². The van der Waals surface area contributed by atoms with E-state index in [9.17, 15) is 13.2 Å². The zero-order valence-electron chi connectivity index (χ0n) is 12.0. The first-order chi connectivity index (χ1) is 9.83. The first-order valence-electron chi connectivity index (χ1n) is 6.73. The number of carbonyl (C=O) groups is 1. The van der Waals surface area contributed by atoms with Gasteiger partial charge >= 0.3 is 5.97 Å². The van der Waals surface area contributed by atoms with E-state index in [1.165, 1.54) is 13.8 Å². The smallest absolute Gasteiger partial charge is 0.340 e. The summed E-state index contributed by atoms with van der Waals surface area (Å²) in [7, 11) is -3.93. The van der Waals surface area contributed by atoms with E-state index in [0.29, 0.717) is 13.2 Å². The molecule has 21 heavy (non-hydrogen) atoms. The minimum absolute atomic E-state index is 0.0808. The number of hydrogen-bond acceptors (Lipinski definition) is 5. The van der Waals surface area contributed by atoms with Gasteiger partial charge in [0.15, 0.2) is 0 Å². The Labute approximate surface area is 123 Å². The van der Waals surface area contributed by atoms with Crippen LogP contribution in [0.5, 0.6) is 0 Å². The fourth-order valence-electron chi connectivity index (χ4n) is 2.50. The van der Waals surface area contributed by atoms with Crippen LogP contribution in [-0.4, -0.2) is 39.3 Å². The third kappa shape index (κ3) is 3.45. The van der Waals surface area contributed by atoms with Gasteiger partial charge in [-0.15, -0.1) is 0 Å². The van der Waals surface area contributed by atoms with E-state index < -0.39 is 16.0 Å². The monoisotopic (exact) mass is 317 g/mol. The molecule has 1 aliphatic heterocycles. The molecule has 2 rings (SSSR count). The number of carboxylic acids is 1. The van der Waals surface area contributed by atoms with Crippen LogP contribution in [-0.2, 0) is 14.8 Å². The van der Waals surface area contributed by atoms with Crippen molar-refractivity contribution in [3.8, 4) is 0 Å². The minimum Gasteiger partial charge on any atom is -0.478 e. The molecular weight excluding hydrogens is 298 g/mol. The van der Waals surface area contributed by atoms with E-state index in [-0.39, 0.29) is 34.4 Å². The Hall–Kier alpha value is -1.38. The van der Waals surface area contributed by atoms with Crippen LogP contribution in [0.1, 0.15) is 34.7 Å². The molecule has 0 saturated carbocycles. The summed E-state index contributed by atoms with van der Waals surface area (Å²) >= 11 is 0. The number of ether oxygens (including phenoxy) is 1. The van der Waals surface area contributed by atoms with Crippen molar-refractivity contribution in [1.29, 1.82) is 0 Å². The number of aryl methyl sites for hydroxylation is 2. The molecule has 2 N–H and O–H groups in total. The summed E-state index contributed by atoms with van der Waals surface area (Å²) in [5.74, 6) is -1.04. The number of hydrogen-bond donors (Lipinski definition) is 2. The first-order valence-corrected chi connectivity index (χ1v) is 8.22. The van der Waals surface area contributed by atoms with Gasteiger partial charge in [-0.2, -0.15) is 0 Å². The van der Waals surface area contributed by atoms with Crippen molar-refractivity contribution in [2.75, 3.05) is 19.8 Å². The lowest BCUT2D eigenvalue weighted by molar-refractivity contribution is 0.0567. The Morgan fingerprint density at radius 1 is 1.38 bits per heavy atom. The average Bonchev–Trinajstić information content (AvgIpc) is 2.73. The van der Waals surface area contributed by atoms with Crippen molar-refractivity contribution >= 4 is 16.0 Å². The molecule has 0 bridgehead atoms. The molecule has 0 spiro atoms. The zero-order chi connectivity index (χ0) is 15.6. The quantitative estimate of drug-likeness (QED) is 0.848. The number of nitrogens with one attached hydrogen (secondary N) is 1. The van der Waals surface area contributed by atoms with E-state index >= 15 is 0 Å². The molecule has 2 heterocycles. The van der Waals surface area contributed by atoms with E-state index in [0.717, 1.165) is 12.8 Å². The predicted octanol–water partition coefficient (Wildman–Crippen LogP) is 1.30. The van der Waals surface area contributed by atoms with Gasteiger partial charge in [0.1, 0.15) is 22.0 Å². The number of aromatic carboxylic acids is 1. The van der Waals surface area contributed by atoms with Gasteiger partial charge in [-0.25, -0.2) is 17.9 Å². The van der Waals surface area contributed by atoms with Gasteiger partial charge in [0.25, 0.3) is 0 Å². The fourth-order valence-corrected chi connectivity index (χ4v) is 4.02. The second-order valence-corrected chi connectivity index (χ2v) is 6.86. The Balaban J connectivity index is 2.21. The van der Waals surface area contributed by atoms with Crippen LogP contribution >= 0.6 is 0 Å². The number of sulfonamides is 1. The molecule has 1 saturated heterocycles. The minimum atomic E-state index is -3.93. The van der Waals surface area contributed by atoms with Gasteiger partial charge < -0.3 is 14.3 Å². The zero-order valence-corrected chi connectivity index (χ0v) is 12.8. The molecular formula is C13H19NO6S. The SMILES string of the molecule is Cc1oc(C)c(S(=O)(=O)NCC2CCCOC2)c1C(=O)O. The van der Waals surface area contributed by atoms with Crippen molar-refractivity contribution in [1.82, 2.24) is 4.72 Å². The predicted molar refractivity (Wildman–Crippen MR) is 73.9 cm³/mol. The van der Waals surface area contributed by atoms with Crippen LogP contribution in [0.25, 0.3) is 0 Å². The summed E-state index contributed by atoms with van der Waals surface area (Å²) in [4.78, 5) is 10.9. The highest BCUT2D eigenvalue weighted by atomic mass is 32.2. The molecule has 1 unspecified atom stereocenters. The molecule has 7 nitrogen and oxygen atoms in total. The van der Waals surface area contributed by atoms with Gasteiger partial charge in [0.05, 0.1) is 6.61 Å².